The summed E-state index contributed by atoms with van der Waals surface area (Å²) >= 11 is 5.89. The molecule has 1 aliphatic rings. The van der Waals surface area contributed by atoms with Crippen LogP contribution in [0.3, 0.4) is 0 Å². The largest absolute Gasteiger partial charge is 0.320 e. The van der Waals surface area contributed by atoms with E-state index in [2.05, 4.69) is 28.4 Å². The van der Waals surface area contributed by atoms with Gasteiger partial charge in [0.15, 0.2) is 5.78 Å². The van der Waals surface area contributed by atoms with Crippen molar-refractivity contribution >= 4 is 28.4 Å². The van der Waals surface area contributed by atoms with Gasteiger partial charge in [-0.25, -0.2) is 4.98 Å². The monoisotopic (exact) mass is 277 g/mol. The van der Waals surface area contributed by atoms with E-state index in [4.69, 9.17) is 11.6 Å². The molecule has 0 saturated carbocycles. The maximum Gasteiger partial charge on any atom is 0.224 e. The third-order valence-electron chi connectivity index (χ3n) is 3.65. The number of aromatic nitrogens is 3. The Bertz CT molecular complexity index is 647. The van der Waals surface area contributed by atoms with Gasteiger partial charge in [-0.3, -0.25) is 4.79 Å². The van der Waals surface area contributed by atoms with Crippen molar-refractivity contribution in [1.29, 1.82) is 0 Å². The van der Waals surface area contributed by atoms with Crippen LogP contribution in [-0.2, 0) is 0 Å². The van der Waals surface area contributed by atoms with Crippen LogP contribution in [0, 0.1) is 5.92 Å². The molecule has 1 unspecified atom stereocenters. The standard InChI is InChI=1S/C14H16ClN3O/c1-8(2)5-10-3-4-12(19)11-6-9-7-16-14(15)17-13(9)18(10)11/h6-8,10H,3-5H2,1-2H3. The smallest absolute Gasteiger partial charge is 0.224 e. The topological polar surface area (TPSA) is 47.8 Å². The molecular weight excluding hydrogens is 262 g/mol. The third kappa shape index (κ3) is 2.14. The number of halogens is 1. The zero-order chi connectivity index (χ0) is 13.6. The van der Waals surface area contributed by atoms with Gasteiger partial charge in [-0.1, -0.05) is 13.8 Å². The summed E-state index contributed by atoms with van der Waals surface area (Å²) in [6.45, 7) is 4.40. The second-order valence-corrected chi connectivity index (χ2v) is 5.90. The van der Waals surface area contributed by atoms with Crippen molar-refractivity contribution < 1.29 is 4.79 Å². The van der Waals surface area contributed by atoms with Crippen LogP contribution < -0.4 is 0 Å². The highest BCUT2D eigenvalue weighted by molar-refractivity contribution is 6.28. The minimum atomic E-state index is 0.189. The van der Waals surface area contributed by atoms with Crippen LogP contribution in [-0.4, -0.2) is 20.3 Å². The molecule has 0 N–H and O–H groups in total. The lowest BCUT2D eigenvalue weighted by Gasteiger charge is -2.27. The zero-order valence-electron chi connectivity index (χ0n) is 11.1. The number of Topliss-reactive ketones (excluding diaryl/α,β-unsaturated/α-hetero) is 1. The summed E-state index contributed by atoms with van der Waals surface area (Å²) in [6.07, 6.45) is 4.24. The summed E-state index contributed by atoms with van der Waals surface area (Å²) in [5, 5.41) is 1.12. The Morgan fingerprint density at radius 3 is 3.05 bits per heavy atom. The molecule has 0 fully saturated rings. The van der Waals surface area contributed by atoms with Gasteiger partial charge < -0.3 is 4.57 Å². The first-order valence-corrected chi connectivity index (χ1v) is 7.00. The Hall–Kier alpha value is -1.42. The molecule has 5 heteroatoms. The molecule has 100 valence electrons. The molecule has 3 heterocycles. The van der Waals surface area contributed by atoms with E-state index in [1.807, 2.05) is 6.07 Å². The molecule has 2 aromatic rings. The summed E-state index contributed by atoms with van der Waals surface area (Å²) in [5.41, 5.74) is 1.54. The van der Waals surface area contributed by atoms with Crippen molar-refractivity contribution in [2.45, 2.75) is 39.2 Å². The van der Waals surface area contributed by atoms with E-state index < -0.39 is 0 Å². The fraction of sp³-hybridized carbons (Fsp3) is 0.500. The summed E-state index contributed by atoms with van der Waals surface area (Å²) in [5.74, 6) is 0.773. The number of hydrogen-bond acceptors (Lipinski definition) is 3. The molecule has 0 bridgehead atoms. The lowest BCUT2D eigenvalue weighted by Crippen LogP contribution is -2.23. The predicted molar refractivity (Wildman–Crippen MR) is 74.6 cm³/mol. The van der Waals surface area contributed by atoms with Gasteiger partial charge in [-0.05, 0) is 36.4 Å². The molecule has 0 radical (unpaired) electrons. The average molecular weight is 278 g/mol. The summed E-state index contributed by atoms with van der Waals surface area (Å²) in [6, 6.07) is 2.22. The quantitative estimate of drug-likeness (QED) is 0.787. The maximum absolute atomic E-state index is 12.1. The fourth-order valence-corrected chi connectivity index (χ4v) is 3.02. The first-order chi connectivity index (χ1) is 9.06. The average Bonchev–Trinajstić information content (AvgIpc) is 2.72. The molecule has 0 aromatic carbocycles. The lowest BCUT2D eigenvalue weighted by atomic mass is 9.94. The predicted octanol–water partition coefficient (Wildman–Crippen LogP) is 3.65. The highest BCUT2D eigenvalue weighted by atomic mass is 35.5. The Kier molecular flexibility index (Phi) is 3.05. The summed E-state index contributed by atoms with van der Waals surface area (Å²) in [7, 11) is 0. The Labute approximate surface area is 116 Å². The van der Waals surface area contributed by atoms with E-state index in [-0.39, 0.29) is 11.1 Å². The fourth-order valence-electron chi connectivity index (χ4n) is 2.89. The van der Waals surface area contributed by atoms with Crippen LogP contribution in [0.25, 0.3) is 11.0 Å². The molecule has 19 heavy (non-hydrogen) atoms. The van der Waals surface area contributed by atoms with Crippen molar-refractivity contribution in [3.63, 3.8) is 0 Å². The number of carbonyl (C=O) groups excluding carboxylic acids is 1. The van der Waals surface area contributed by atoms with Gasteiger partial charge in [0.2, 0.25) is 5.28 Å². The number of fused-ring (bicyclic) bond motifs is 3. The first-order valence-electron chi connectivity index (χ1n) is 6.63. The van der Waals surface area contributed by atoms with Crippen LogP contribution in [0.4, 0.5) is 0 Å². The molecule has 1 atom stereocenters. The number of nitrogens with zero attached hydrogens (tertiary/aromatic N) is 3. The lowest BCUT2D eigenvalue weighted by molar-refractivity contribution is 0.0939. The first kappa shape index (κ1) is 12.6. The number of hydrogen-bond donors (Lipinski definition) is 0. The minimum Gasteiger partial charge on any atom is -0.320 e. The van der Waals surface area contributed by atoms with E-state index in [1.54, 1.807) is 6.20 Å². The molecule has 0 spiro atoms. The highest BCUT2D eigenvalue weighted by Crippen LogP contribution is 2.34. The van der Waals surface area contributed by atoms with E-state index in [0.29, 0.717) is 18.4 Å². The van der Waals surface area contributed by atoms with Crippen molar-refractivity contribution in [2.75, 3.05) is 0 Å². The van der Waals surface area contributed by atoms with E-state index >= 15 is 0 Å². The molecular formula is C14H16ClN3O. The van der Waals surface area contributed by atoms with Gasteiger partial charge >= 0.3 is 0 Å². The molecule has 0 aliphatic carbocycles. The van der Waals surface area contributed by atoms with Crippen LogP contribution >= 0.6 is 11.6 Å². The highest BCUT2D eigenvalue weighted by Gasteiger charge is 2.28. The van der Waals surface area contributed by atoms with E-state index in [1.165, 1.54) is 0 Å². The van der Waals surface area contributed by atoms with Crippen molar-refractivity contribution in [2.24, 2.45) is 5.92 Å². The SMILES string of the molecule is CC(C)CC1CCC(=O)c2cc3cnc(Cl)nc3n21. The minimum absolute atomic E-state index is 0.189. The number of ketones is 1. The molecule has 0 amide bonds. The van der Waals surface area contributed by atoms with Crippen molar-refractivity contribution in [1.82, 2.24) is 14.5 Å². The molecule has 2 aromatic heterocycles. The van der Waals surface area contributed by atoms with Gasteiger partial charge in [-0.15, -0.1) is 0 Å². The van der Waals surface area contributed by atoms with Crippen molar-refractivity contribution in [3.8, 4) is 0 Å². The Balaban J connectivity index is 2.20. The van der Waals surface area contributed by atoms with Gasteiger partial charge in [0, 0.05) is 24.0 Å². The zero-order valence-corrected chi connectivity index (χ0v) is 11.8. The van der Waals surface area contributed by atoms with Gasteiger partial charge in [0.05, 0.1) is 5.69 Å². The molecule has 4 nitrogen and oxygen atoms in total. The normalized spacial score (nSPS) is 19.2. The van der Waals surface area contributed by atoms with Crippen molar-refractivity contribution in [3.05, 3.63) is 23.2 Å². The van der Waals surface area contributed by atoms with Gasteiger partial charge in [-0.2, -0.15) is 4.98 Å². The van der Waals surface area contributed by atoms with Gasteiger partial charge in [0.25, 0.3) is 0 Å². The summed E-state index contributed by atoms with van der Waals surface area (Å²) in [4.78, 5) is 20.4. The molecule has 1 aliphatic heterocycles. The second-order valence-electron chi connectivity index (χ2n) is 5.56. The third-order valence-corrected chi connectivity index (χ3v) is 3.83. The number of carbonyl (C=O) groups is 1. The van der Waals surface area contributed by atoms with Crippen LogP contribution in [0.15, 0.2) is 12.3 Å². The Morgan fingerprint density at radius 2 is 2.32 bits per heavy atom. The van der Waals surface area contributed by atoms with E-state index in [0.717, 1.165) is 29.6 Å². The Morgan fingerprint density at radius 1 is 1.53 bits per heavy atom. The maximum atomic E-state index is 12.1. The van der Waals surface area contributed by atoms with Gasteiger partial charge in [0.1, 0.15) is 5.65 Å². The summed E-state index contributed by atoms with van der Waals surface area (Å²) < 4.78 is 2.06. The van der Waals surface area contributed by atoms with Crippen LogP contribution in [0.1, 0.15) is 49.6 Å². The van der Waals surface area contributed by atoms with E-state index in [9.17, 15) is 4.79 Å². The number of rotatable bonds is 2. The molecule has 3 rings (SSSR count). The van der Waals surface area contributed by atoms with Crippen LogP contribution in [0.5, 0.6) is 0 Å². The van der Waals surface area contributed by atoms with Crippen LogP contribution in [0.2, 0.25) is 5.28 Å². The second kappa shape index (κ2) is 4.60. The molecule has 0 saturated heterocycles.